The highest BCUT2D eigenvalue weighted by atomic mass is 15.2. The fraction of sp³-hybridized carbons (Fsp3) is 0.818. The monoisotopic (exact) mass is 180 g/mol. The number of piperidine rings is 2. The Morgan fingerprint density at radius 2 is 1.92 bits per heavy atom. The highest BCUT2D eigenvalue weighted by Crippen LogP contribution is 2.32. The van der Waals surface area contributed by atoms with Gasteiger partial charge in [-0.25, -0.2) is 0 Å². The van der Waals surface area contributed by atoms with Gasteiger partial charge < -0.3 is 5.73 Å². The predicted octanol–water partition coefficient (Wildman–Crippen LogP) is 1.52. The van der Waals surface area contributed by atoms with Crippen LogP contribution in [-0.4, -0.2) is 29.6 Å². The van der Waals surface area contributed by atoms with E-state index < -0.39 is 0 Å². The van der Waals surface area contributed by atoms with E-state index in [4.69, 9.17) is 5.73 Å². The first-order valence-electron chi connectivity index (χ1n) is 5.43. The van der Waals surface area contributed by atoms with E-state index in [1.165, 1.54) is 32.1 Å². The second kappa shape index (κ2) is 3.81. The van der Waals surface area contributed by atoms with Crippen LogP contribution < -0.4 is 5.73 Å². The first-order valence-corrected chi connectivity index (χ1v) is 5.43. The largest absolute Gasteiger partial charge is 0.328 e. The topological polar surface area (TPSA) is 29.3 Å². The lowest BCUT2D eigenvalue weighted by molar-refractivity contribution is 0.0426. The van der Waals surface area contributed by atoms with Gasteiger partial charge in [-0.1, -0.05) is 12.5 Å². The summed E-state index contributed by atoms with van der Waals surface area (Å²) in [5.74, 6) is 0. The van der Waals surface area contributed by atoms with Crippen LogP contribution in [0.2, 0.25) is 0 Å². The summed E-state index contributed by atoms with van der Waals surface area (Å²) in [5.41, 5.74) is 6.03. The minimum atomic E-state index is 0.455. The SMILES string of the molecule is C=CCN1C2CCCC1CC(N)C2. The Hall–Kier alpha value is -0.340. The van der Waals surface area contributed by atoms with Crippen molar-refractivity contribution in [2.45, 2.75) is 50.2 Å². The number of rotatable bonds is 2. The van der Waals surface area contributed by atoms with Gasteiger partial charge >= 0.3 is 0 Å². The summed E-state index contributed by atoms with van der Waals surface area (Å²) in [6.07, 6.45) is 8.52. The van der Waals surface area contributed by atoms with E-state index in [1.807, 2.05) is 6.08 Å². The highest BCUT2D eigenvalue weighted by Gasteiger charge is 2.35. The Morgan fingerprint density at radius 3 is 2.46 bits per heavy atom. The maximum absolute atomic E-state index is 6.03. The van der Waals surface area contributed by atoms with Crippen LogP contribution in [0.15, 0.2) is 12.7 Å². The molecule has 2 N–H and O–H groups in total. The quantitative estimate of drug-likeness (QED) is 0.653. The standard InChI is InChI=1S/C11H20N2/c1-2-6-13-10-4-3-5-11(13)8-9(12)7-10/h2,9-11H,1,3-8,12H2. The van der Waals surface area contributed by atoms with Crippen LogP contribution in [0, 0.1) is 0 Å². The Balaban J connectivity index is 2.05. The Morgan fingerprint density at radius 1 is 1.31 bits per heavy atom. The van der Waals surface area contributed by atoms with E-state index in [2.05, 4.69) is 11.5 Å². The molecule has 2 nitrogen and oxygen atoms in total. The van der Waals surface area contributed by atoms with Gasteiger partial charge in [0.05, 0.1) is 0 Å². The number of hydrogen-bond acceptors (Lipinski definition) is 2. The van der Waals surface area contributed by atoms with Crippen LogP contribution in [0.3, 0.4) is 0 Å². The van der Waals surface area contributed by atoms with Crippen molar-refractivity contribution in [3.63, 3.8) is 0 Å². The molecule has 0 radical (unpaired) electrons. The molecule has 0 saturated carbocycles. The van der Waals surface area contributed by atoms with Crippen LogP contribution in [0.4, 0.5) is 0 Å². The van der Waals surface area contributed by atoms with Gasteiger partial charge in [0.1, 0.15) is 0 Å². The van der Waals surface area contributed by atoms with Crippen molar-refractivity contribution in [1.82, 2.24) is 4.90 Å². The molecule has 0 aromatic heterocycles. The molecule has 13 heavy (non-hydrogen) atoms. The van der Waals surface area contributed by atoms with Crippen molar-refractivity contribution in [2.24, 2.45) is 5.73 Å². The molecule has 0 aliphatic carbocycles. The summed E-state index contributed by atoms with van der Waals surface area (Å²) in [4.78, 5) is 2.61. The van der Waals surface area contributed by atoms with Gasteiger partial charge in [-0.05, 0) is 25.7 Å². The molecule has 2 fully saturated rings. The zero-order valence-corrected chi connectivity index (χ0v) is 8.28. The number of hydrogen-bond donors (Lipinski definition) is 1. The van der Waals surface area contributed by atoms with Gasteiger partial charge in [-0.2, -0.15) is 0 Å². The molecule has 74 valence electrons. The first-order chi connectivity index (χ1) is 6.31. The molecular weight excluding hydrogens is 160 g/mol. The lowest BCUT2D eigenvalue weighted by Crippen LogP contribution is -2.55. The third-order valence-electron chi connectivity index (χ3n) is 3.50. The van der Waals surface area contributed by atoms with E-state index in [9.17, 15) is 0 Å². The molecule has 2 bridgehead atoms. The van der Waals surface area contributed by atoms with Crippen molar-refractivity contribution in [3.8, 4) is 0 Å². The van der Waals surface area contributed by atoms with Gasteiger partial charge in [0.2, 0.25) is 0 Å². The van der Waals surface area contributed by atoms with Gasteiger partial charge in [0.25, 0.3) is 0 Å². The Bertz CT molecular complexity index is 177. The third kappa shape index (κ3) is 1.79. The number of nitrogens with zero attached hydrogens (tertiary/aromatic N) is 1. The molecule has 2 unspecified atom stereocenters. The first kappa shape index (κ1) is 9.22. The maximum Gasteiger partial charge on any atom is 0.0166 e. The van der Waals surface area contributed by atoms with Crippen molar-refractivity contribution in [1.29, 1.82) is 0 Å². The maximum atomic E-state index is 6.03. The minimum Gasteiger partial charge on any atom is -0.328 e. The van der Waals surface area contributed by atoms with Crippen molar-refractivity contribution in [3.05, 3.63) is 12.7 Å². The molecule has 2 aliphatic rings. The average molecular weight is 180 g/mol. The van der Waals surface area contributed by atoms with E-state index in [-0.39, 0.29) is 0 Å². The smallest absolute Gasteiger partial charge is 0.0166 e. The van der Waals surface area contributed by atoms with Crippen molar-refractivity contribution in [2.75, 3.05) is 6.54 Å². The molecule has 2 saturated heterocycles. The summed E-state index contributed by atoms with van der Waals surface area (Å²) >= 11 is 0. The summed E-state index contributed by atoms with van der Waals surface area (Å²) < 4.78 is 0. The molecule has 2 heterocycles. The van der Waals surface area contributed by atoms with Gasteiger partial charge in [-0.3, -0.25) is 4.90 Å². The average Bonchev–Trinajstić information content (AvgIpc) is 2.07. The van der Waals surface area contributed by atoms with Gasteiger partial charge in [0.15, 0.2) is 0 Å². The normalized spacial score (nSPS) is 40.2. The molecule has 2 rings (SSSR count). The van der Waals surface area contributed by atoms with E-state index in [1.54, 1.807) is 0 Å². The molecule has 0 aromatic carbocycles. The minimum absolute atomic E-state index is 0.455. The molecule has 2 heteroatoms. The van der Waals surface area contributed by atoms with Crippen LogP contribution in [-0.2, 0) is 0 Å². The summed E-state index contributed by atoms with van der Waals surface area (Å²) in [7, 11) is 0. The van der Waals surface area contributed by atoms with Crippen LogP contribution in [0.1, 0.15) is 32.1 Å². The molecular formula is C11H20N2. The number of fused-ring (bicyclic) bond motifs is 2. The van der Waals surface area contributed by atoms with E-state index in [0.717, 1.165) is 18.6 Å². The van der Waals surface area contributed by atoms with Crippen molar-refractivity contribution < 1.29 is 0 Å². The molecule has 0 aromatic rings. The third-order valence-corrected chi connectivity index (χ3v) is 3.50. The van der Waals surface area contributed by atoms with Crippen LogP contribution >= 0.6 is 0 Å². The summed E-state index contributed by atoms with van der Waals surface area (Å²) in [6.45, 7) is 4.89. The highest BCUT2D eigenvalue weighted by molar-refractivity contribution is 4.95. The predicted molar refractivity (Wildman–Crippen MR) is 55.5 cm³/mol. The second-order valence-corrected chi connectivity index (χ2v) is 4.46. The summed E-state index contributed by atoms with van der Waals surface area (Å²) in [6, 6.07) is 1.96. The zero-order valence-electron chi connectivity index (χ0n) is 8.28. The van der Waals surface area contributed by atoms with Crippen molar-refractivity contribution >= 4 is 0 Å². The van der Waals surface area contributed by atoms with Crippen LogP contribution in [0.5, 0.6) is 0 Å². The lowest BCUT2D eigenvalue weighted by Gasteiger charge is -2.47. The summed E-state index contributed by atoms with van der Waals surface area (Å²) in [5, 5.41) is 0. The molecule has 2 aliphatic heterocycles. The number of nitrogens with two attached hydrogens (primary N) is 1. The Labute approximate surface area is 80.8 Å². The molecule has 2 atom stereocenters. The zero-order chi connectivity index (χ0) is 9.26. The van der Waals surface area contributed by atoms with E-state index in [0.29, 0.717) is 6.04 Å². The Kier molecular flexibility index (Phi) is 2.70. The van der Waals surface area contributed by atoms with Crippen LogP contribution in [0.25, 0.3) is 0 Å². The van der Waals surface area contributed by atoms with Gasteiger partial charge in [0, 0.05) is 24.7 Å². The fourth-order valence-corrected chi connectivity index (χ4v) is 2.97. The van der Waals surface area contributed by atoms with Gasteiger partial charge in [-0.15, -0.1) is 6.58 Å². The molecule has 0 amide bonds. The fourth-order valence-electron chi connectivity index (χ4n) is 2.97. The lowest BCUT2D eigenvalue weighted by atomic mass is 9.82. The second-order valence-electron chi connectivity index (χ2n) is 4.46. The molecule has 0 spiro atoms. The van der Waals surface area contributed by atoms with E-state index >= 15 is 0 Å².